The van der Waals surface area contributed by atoms with Gasteiger partial charge in [-0.25, -0.2) is 0 Å². The molecule has 0 radical (unpaired) electrons. The Morgan fingerprint density at radius 1 is 1.00 bits per heavy atom. The van der Waals surface area contributed by atoms with E-state index in [2.05, 4.69) is 40.7 Å². The van der Waals surface area contributed by atoms with Crippen LogP contribution < -0.4 is 0 Å². The average Bonchev–Trinajstić information content (AvgIpc) is 2.99. The molecular formula is C27H46O. The fourth-order valence-corrected chi connectivity index (χ4v) is 8.67. The van der Waals surface area contributed by atoms with Crippen LogP contribution in [0.5, 0.6) is 0 Å². The number of aliphatic hydroxyl groups is 1. The molecule has 0 aliphatic heterocycles. The van der Waals surface area contributed by atoms with Crippen molar-refractivity contribution in [2.75, 3.05) is 0 Å². The molecule has 28 heavy (non-hydrogen) atoms. The third-order valence-electron chi connectivity index (χ3n) is 10.3. The van der Waals surface area contributed by atoms with Crippen molar-refractivity contribution in [1.29, 1.82) is 0 Å². The van der Waals surface area contributed by atoms with E-state index in [-0.39, 0.29) is 6.10 Å². The Kier molecular flexibility index (Phi) is 5.80. The van der Waals surface area contributed by atoms with Crippen molar-refractivity contribution in [1.82, 2.24) is 0 Å². The van der Waals surface area contributed by atoms with Crippen molar-refractivity contribution in [2.45, 2.75) is 111 Å². The van der Waals surface area contributed by atoms with E-state index >= 15 is 0 Å². The van der Waals surface area contributed by atoms with E-state index in [0.717, 1.165) is 48.3 Å². The Morgan fingerprint density at radius 2 is 1.79 bits per heavy atom. The smallest absolute Gasteiger partial charge is 0.0577 e. The third-order valence-corrected chi connectivity index (χ3v) is 10.3. The second-order valence-electron chi connectivity index (χ2n) is 12.2. The maximum atomic E-state index is 10.2. The summed E-state index contributed by atoms with van der Waals surface area (Å²) in [6.45, 7) is 12.6. The molecule has 1 N–H and O–H groups in total. The van der Waals surface area contributed by atoms with Crippen LogP contribution in [0.25, 0.3) is 0 Å². The van der Waals surface area contributed by atoms with E-state index < -0.39 is 0 Å². The summed E-state index contributed by atoms with van der Waals surface area (Å²) in [5.74, 6) is 5.46. The van der Waals surface area contributed by atoms with Gasteiger partial charge in [-0.2, -0.15) is 0 Å². The highest BCUT2D eigenvalue weighted by molar-refractivity contribution is 5.25. The van der Waals surface area contributed by atoms with Crippen molar-refractivity contribution >= 4 is 0 Å². The molecule has 8 atom stereocenters. The van der Waals surface area contributed by atoms with E-state index in [1.54, 1.807) is 5.57 Å². The molecule has 1 heteroatoms. The minimum absolute atomic E-state index is 0.0766. The Labute approximate surface area is 174 Å². The lowest BCUT2D eigenvalue weighted by molar-refractivity contribution is -0.0573. The van der Waals surface area contributed by atoms with E-state index in [9.17, 15) is 5.11 Å². The molecule has 5 unspecified atom stereocenters. The first kappa shape index (κ1) is 21.0. The fourth-order valence-electron chi connectivity index (χ4n) is 8.67. The Balaban J connectivity index is 1.49. The highest BCUT2D eigenvalue weighted by Crippen LogP contribution is 2.67. The number of hydrogen-bond donors (Lipinski definition) is 1. The molecule has 0 aromatic carbocycles. The van der Waals surface area contributed by atoms with Crippen LogP contribution in [0, 0.1) is 46.3 Å². The lowest BCUT2D eigenvalue weighted by Gasteiger charge is -2.58. The maximum absolute atomic E-state index is 10.2. The average molecular weight is 387 g/mol. The predicted molar refractivity (Wildman–Crippen MR) is 119 cm³/mol. The monoisotopic (exact) mass is 386 g/mol. The van der Waals surface area contributed by atoms with E-state index in [1.807, 2.05) is 0 Å². The van der Waals surface area contributed by atoms with Gasteiger partial charge in [0.15, 0.2) is 0 Å². The Morgan fingerprint density at radius 3 is 2.54 bits per heavy atom. The molecule has 0 amide bonds. The molecule has 0 aromatic heterocycles. The van der Waals surface area contributed by atoms with Crippen molar-refractivity contribution in [2.24, 2.45) is 46.3 Å². The van der Waals surface area contributed by atoms with Crippen LogP contribution in [0.2, 0.25) is 0 Å². The number of fused-ring (bicyclic) bond motifs is 5. The second kappa shape index (κ2) is 7.75. The van der Waals surface area contributed by atoms with Crippen LogP contribution in [0.1, 0.15) is 105 Å². The normalized spacial score (nSPS) is 46.5. The minimum Gasteiger partial charge on any atom is -0.393 e. The largest absolute Gasteiger partial charge is 0.393 e. The summed E-state index contributed by atoms with van der Waals surface area (Å²) < 4.78 is 0. The number of allylic oxidation sites excluding steroid dienone is 1. The first-order valence-electron chi connectivity index (χ1n) is 12.6. The fraction of sp³-hybridized carbons (Fsp3) is 0.926. The van der Waals surface area contributed by atoms with Gasteiger partial charge < -0.3 is 5.11 Å². The summed E-state index contributed by atoms with van der Waals surface area (Å²) >= 11 is 0. The molecule has 0 heterocycles. The molecule has 0 spiro atoms. The van der Waals surface area contributed by atoms with Crippen molar-refractivity contribution in [3.8, 4) is 0 Å². The highest BCUT2D eigenvalue weighted by Gasteiger charge is 2.59. The molecule has 4 aliphatic rings. The molecule has 1 nitrogen and oxygen atoms in total. The van der Waals surface area contributed by atoms with Gasteiger partial charge in [0.25, 0.3) is 0 Å². The minimum atomic E-state index is -0.0766. The summed E-state index contributed by atoms with van der Waals surface area (Å²) in [7, 11) is 0. The van der Waals surface area contributed by atoms with E-state index in [0.29, 0.717) is 10.8 Å². The van der Waals surface area contributed by atoms with Crippen molar-refractivity contribution < 1.29 is 5.11 Å². The number of hydrogen-bond acceptors (Lipinski definition) is 1. The molecule has 160 valence electrons. The predicted octanol–water partition coefficient (Wildman–Crippen LogP) is 7.39. The molecule has 3 saturated carbocycles. The summed E-state index contributed by atoms with van der Waals surface area (Å²) in [5, 5.41) is 10.2. The van der Waals surface area contributed by atoms with Gasteiger partial charge in [-0.05, 0) is 97.7 Å². The van der Waals surface area contributed by atoms with E-state index in [4.69, 9.17) is 0 Å². The summed E-state index contributed by atoms with van der Waals surface area (Å²) in [6.07, 6.45) is 17.2. The van der Waals surface area contributed by atoms with Gasteiger partial charge >= 0.3 is 0 Å². The highest BCUT2D eigenvalue weighted by atomic mass is 16.3. The molecule has 3 fully saturated rings. The quantitative estimate of drug-likeness (QED) is 0.488. The van der Waals surface area contributed by atoms with Gasteiger partial charge in [-0.1, -0.05) is 65.5 Å². The molecule has 0 saturated heterocycles. The van der Waals surface area contributed by atoms with Gasteiger partial charge in [0, 0.05) is 0 Å². The molecule has 4 aliphatic carbocycles. The standard InChI is InChI=1S/C27H46O/c1-18(2)7-6-8-19(3)23-11-12-24-22-10-9-20-17-21(28)13-15-26(20,4)25(22)14-16-27(23,24)5/h9,18-19,21-25,28H,6-8,10-17H2,1-5H3/t19-,21+,22?,23?,24?,25?,26?,27-/m1/s1. The lowest BCUT2D eigenvalue weighted by Crippen LogP contribution is -2.50. The maximum Gasteiger partial charge on any atom is 0.0577 e. The summed E-state index contributed by atoms with van der Waals surface area (Å²) in [6, 6.07) is 0. The van der Waals surface area contributed by atoms with Crippen LogP contribution in [-0.2, 0) is 0 Å². The number of aliphatic hydroxyl groups excluding tert-OH is 1. The van der Waals surface area contributed by atoms with Gasteiger partial charge in [-0.15, -0.1) is 0 Å². The van der Waals surface area contributed by atoms with Gasteiger partial charge in [0.2, 0.25) is 0 Å². The third kappa shape index (κ3) is 3.42. The van der Waals surface area contributed by atoms with Crippen LogP contribution in [0.15, 0.2) is 11.6 Å². The molecular weight excluding hydrogens is 340 g/mol. The van der Waals surface area contributed by atoms with Crippen LogP contribution in [-0.4, -0.2) is 11.2 Å². The van der Waals surface area contributed by atoms with Crippen molar-refractivity contribution in [3.63, 3.8) is 0 Å². The molecule has 0 bridgehead atoms. The zero-order chi connectivity index (χ0) is 20.1. The molecule has 0 aromatic rings. The van der Waals surface area contributed by atoms with Crippen LogP contribution in [0.3, 0.4) is 0 Å². The van der Waals surface area contributed by atoms with Gasteiger partial charge in [-0.3, -0.25) is 0 Å². The zero-order valence-electron chi connectivity index (χ0n) is 19.3. The summed E-state index contributed by atoms with van der Waals surface area (Å²) in [5.41, 5.74) is 2.60. The second-order valence-corrected chi connectivity index (χ2v) is 12.2. The first-order valence-corrected chi connectivity index (χ1v) is 12.6. The van der Waals surface area contributed by atoms with Crippen molar-refractivity contribution in [3.05, 3.63) is 11.6 Å². The van der Waals surface area contributed by atoms with E-state index in [1.165, 1.54) is 57.8 Å². The molecule has 4 rings (SSSR count). The van der Waals surface area contributed by atoms with Gasteiger partial charge in [0.05, 0.1) is 6.10 Å². The topological polar surface area (TPSA) is 20.2 Å². The SMILES string of the molecule is CC(C)CCC[C@@H](C)C1CCC2C3CC=C4C[C@@H](O)CCC4(C)C3CC[C@@]21C. The Hall–Kier alpha value is -0.300. The Bertz CT molecular complexity index is 591. The lowest BCUT2D eigenvalue weighted by atomic mass is 9.47. The first-order chi connectivity index (χ1) is 13.3. The summed E-state index contributed by atoms with van der Waals surface area (Å²) in [4.78, 5) is 0. The van der Waals surface area contributed by atoms with Crippen LogP contribution in [0.4, 0.5) is 0 Å². The zero-order valence-corrected chi connectivity index (χ0v) is 19.3. The number of rotatable bonds is 5. The van der Waals surface area contributed by atoms with Gasteiger partial charge in [0.1, 0.15) is 0 Å². The van der Waals surface area contributed by atoms with Crippen LogP contribution >= 0.6 is 0 Å².